The third-order valence-electron chi connectivity index (χ3n) is 3.86. The number of hydrogen-bond donors (Lipinski definition) is 1. The van der Waals surface area contributed by atoms with Crippen molar-refractivity contribution in [2.75, 3.05) is 13.2 Å². The monoisotopic (exact) mass is 279 g/mol. The predicted molar refractivity (Wildman–Crippen MR) is 84.1 cm³/mol. The largest absolute Gasteiger partial charge is 0.494 e. The van der Waals surface area contributed by atoms with E-state index in [0.29, 0.717) is 12.6 Å². The number of hydrogen-bond acceptors (Lipinski definition) is 3. The van der Waals surface area contributed by atoms with Crippen LogP contribution in [0.3, 0.4) is 0 Å². The second-order valence-electron chi connectivity index (χ2n) is 5.30. The predicted octanol–water partition coefficient (Wildman–Crippen LogP) is 3.76. The van der Waals surface area contributed by atoms with Crippen LogP contribution in [0.15, 0.2) is 18.2 Å². The van der Waals surface area contributed by atoms with Gasteiger partial charge in [0, 0.05) is 18.2 Å². The molecule has 0 aromatic heterocycles. The van der Waals surface area contributed by atoms with Gasteiger partial charge in [-0.2, -0.15) is 0 Å². The van der Waals surface area contributed by atoms with Gasteiger partial charge in [0.05, 0.1) is 12.7 Å². The molecule has 1 aromatic carbocycles. The van der Waals surface area contributed by atoms with Crippen LogP contribution in [-0.2, 0) is 6.54 Å². The van der Waals surface area contributed by atoms with E-state index >= 15 is 0 Å². The van der Waals surface area contributed by atoms with Crippen molar-refractivity contribution in [3.63, 3.8) is 0 Å². The van der Waals surface area contributed by atoms with Crippen molar-refractivity contribution in [1.82, 2.24) is 4.90 Å². The van der Waals surface area contributed by atoms with E-state index in [1.165, 1.54) is 0 Å². The maximum atomic E-state index is 9.76. The van der Waals surface area contributed by atoms with Gasteiger partial charge in [0.25, 0.3) is 0 Å². The Bertz CT molecular complexity index is 404. The fraction of sp³-hybridized carbons (Fsp3) is 0.647. The van der Waals surface area contributed by atoms with Gasteiger partial charge in [0.1, 0.15) is 5.75 Å². The Morgan fingerprint density at radius 3 is 2.40 bits per heavy atom. The molecule has 0 saturated heterocycles. The fourth-order valence-corrected chi connectivity index (χ4v) is 2.34. The van der Waals surface area contributed by atoms with E-state index in [1.807, 2.05) is 19.1 Å². The van der Waals surface area contributed by atoms with E-state index in [-0.39, 0.29) is 0 Å². The van der Waals surface area contributed by atoms with Crippen molar-refractivity contribution in [1.29, 1.82) is 0 Å². The third kappa shape index (κ3) is 4.50. The molecule has 0 aliphatic rings. The summed E-state index contributed by atoms with van der Waals surface area (Å²) < 4.78 is 5.72. The average Bonchev–Trinajstić information content (AvgIpc) is 2.45. The molecule has 0 aliphatic heterocycles. The highest BCUT2D eigenvalue weighted by atomic mass is 16.5. The minimum Gasteiger partial charge on any atom is -0.494 e. The van der Waals surface area contributed by atoms with Crippen molar-refractivity contribution >= 4 is 0 Å². The first-order chi connectivity index (χ1) is 9.53. The molecule has 3 heteroatoms. The first-order valence-electron chi connectivity index (χ1n) is 7.71. The lowest BCUT2D eigenvalue weighted by Crippen LogP contribution is -2.32. The van der Waals surface area contributed by atoms with Crippen LogP contribution in [0.25, 0.3) is 0 Å². The van der Waals surface area contributed by atoms with Crippen LogP contribution in [0.4, 0.5) is 0 Å². The van der Waals surface area contributed by atoms with E-state index in [1.54, 1.807) is 6.92 Å². The zero-order chi connectivity index (χ0) is 15.1. The highest BCUT2D eigenvalue weighted by molar-refractivity contribution is 5.38. The molecule has 0 aliphatic carbocycles. The molecule has 0 saturated carbocycles. The Morgan fingerprint density at radius 2 is 1.90 bits per heavy atom. The van der Waals surface area contributed by atoms with Crippen LogP contribution in [0.5, 0.6) is 5.75 Å². The maximum Gasteiger partial charge on any atom is 0.123 e. The van der Waals surface area contributed by atoms with Gasteiger partial charge in [0.2, 0.25) is 0 Å². The van der Waals surface area contributed by atoms with Gasteiger partial charge in [0.15, 0.2) is 0 Å². The van der Waals surface area contributed by atoms with Crippen molar-refractivity contribution in [2.45, 2.75) is 59.7 Å². The highest BCUT2D eigenvalue weighted by Gasteiger charge is 2.15. The lowest BCUT2D eigenvalue weighted by Gasteiger charge is -2.28. The molecule has 114 valence electrons. The van der Waals surface area contributed by atoms with Gasteiger partial charge in [-0.05, 0) is 51.4 Å². The van der Waals surface area contributed by atoms with E-state index in [9.17, 15) is 5.11 Å². The fourth-order valence-electron chi connectivity index (χ4n) is 2.34. The molecular formula is C17H29NO2. The normalized spacial score (nSPS) is 14.3. The van der Waals surface area contributed by atoms with E-state index in [0.717, 1.165) is 36.4 Å². The minimum atomic E-state index is -0.442. The summed E-state index contributed by atoms with van der Waals surface area (Å²) in [6, 6.07) is 6.54. The van der Waals surface area contributed by atoms with E-state index in [4.69, 9.17) is 4.74 Å². The summed E-state index contributed by atoms with van der Waals surface area (Å²) >= 11 is 0. The van der Waals surface area contributed by atoms with Crippen LogP contribution in [0, 0.1) is 0 Å². The van der Waals surface area contributed by atoms with Crippen LogP contribution in [-0.4, -0.2) is 29.2 Å². The molecule has 0 heterocycles. The lowest BCUT2D eigenvalue weighted by atomic mass is 10.0. The Balaban J connectivity index is 3.02. The Kier molecular flexibility index (Phi) is 7.03. The van der Waals surface area contributed by atoms with Crippen LogP contribution < -0.4 is 4.74 Å². The number of aliphatic hydroxyl groups excluding tert-OH is 1. The van der Waals surface area contributed by atoms with Crippen molar-refractivity contribution in [3.8, 4) is 5.75 Å². The summed E-state index contributed by atoms with van der Waals surface area (Å²) in [6.07, 6.45) is 0.691. The maximum absolute atomic E-state index is 9.76. The van der Waals surface area contributed by atoms with Crippen LogP contribution in [0.2, 0.25) is 0 Å². The highest BCUT2D eigenvalue weighted by Crippen LogP contribution is 2.25. The Labute approximate surface area is 123 Å². The molecule has 2 unspecified atom stereocenters. The quantitative estimate of drug-likeness (QED) is 0.786. The molecule has 0 spiro atoms. The zero-order valence-electron chi connectivity index (χ0n) is 13.5. The van der Waals surface area contributed by atoms with Gasteiger partial charge in [-0.25, -0.2) is 0 Å². The number of benzene rings is 1. The molecule has 1 N–H and O–H groups in total. The number of aliphatic hydroxyl groups is 1. The third-order valence-corrected chi connectivity index (χ3v) is 3.86. The summed E-state index contributed by atoms with van der Waals surface area (Å²) in [5.74, 6) is 0.929. The van der Waals surface area contributed by atoms with Gasteiger partial charge < -0.3 is 9.84 Å². The SMILES string of the molecule is CCOc1ccc(C(C)O)cc1CN(CC)C(C)CC. The number of ether oxygens (including phenoxy) is 1. The van der Waals surface area contributed by atoms with Gasteiger partial charge in [-0.15, -0.1) is 0 Å². The Morgan fingerprint density at radius 1 is 1.20 bits per heavy atom. The second-order valence-corrected chi connectivity index (χ2v) is 5.30. The molecule has 0 fully saturated rings. The molecule has 2 atom stereocenters. The topological polar surface area (TPSA) is 32.7 Å². The molecule has 0 bridgehead atoms. The number of rotatable bonds is 8. The van der Waals surface area contributed by atoms with E-state index < -0.39 is 6.10 Å². The first-order valence-corrected chi connectivity index (χ1v) is 7.71. The summed E-state index contributed by atoms with van der Waals surface area (Å²) in [4.78, 5) is 2.43. The summed E-state index contributed by atoms with van der Waals surface area (Å²) in [6.45, 7) is 13.0. The molecule has 0 amide bonds. The van der Waals surface area contributed by atoms with Crippen molar-refractivity contribution < 1.29 is 9.84 Å². The number of nitrogens with zero attached hydrogens (tertiary/aromatic N) is 1. The summed E-state index contributed by atoms with van der Waals surface area (Å²) in [5.41, 5.74) is 2.11. The van der Waals surface area contributed by atoms with Crippen molar-refractivity contribution in [3.05, 3.63) is 29.3 Å². The van der Waals surface area contributed by atoms with Crippen molar-refractivity contribution in [2.24, 2.45) is 0 Å². The second kappa shape index (κ2) is 8.28. The standard InChI is InChI=1S/C17H29NO2/c1-6-13(4)18(7-2)12-16-11-15(14(5)19)9-10-17(16)20-8-3/h9-11,13-14,19H,6-8,12H2,1-5H3. The van der Waals surface area contributed by atoms with Gasteiger partial charge >= 0.3 is 0 Å². The first kappa shape index (κ1) is 17.0. The van der Waals surface area contributed by atoms with Gasteiger partial charge in [-0.3, -0.25) is 4.90 Å². The average molecular weight is 279 g/mol. The lowest BCUT2D eigenvalue weighted by molar-refractivity contribution is 0.195. The van der Waals surface area contributed by atoms with Gasteiger partial charge in [-0.1, -0.05) is 19.9 Å². The molecule has 0 radical (unpaired) electrons. The Hall–Kier alpha value is -1.06. The molecule has 3 nitrogen and oxygen atoms in total. The summed E-state index contributed by atoms with van der Waals surface area (Å²) in [5, 5.41) is 9.76. The molecule has 20 heavy (non-hydrogen) atoms. The molecular weight excluding hydrogens is 250 g/mol. The molecule has 1 rings (SSSR count). The zero-order valence-corrected chi connectivity index (χ0v) is 13.5. The smallest absolute Gasteiger partial charge is 0.123 e. The summed E-state index contributed by atoms with van der Waals surface area (Å²) in [7, 11) is 0. The van der Waals surface area contributed by atoms with E-state index in [2.05, 4.69) is 31.7 Å². The van der Waals surface area contributed by atoms with Crippen LogP contribution >= 0.6 is 0 Å². The molecule has 1 aromatic rings. The van der Waals surface area contributed by atoms with Crippen LogP contribution in [0.1, 0.15) is 58.3 Å². The minimum absolute atomic E-state index is 0.442.